The molecule has 1 aromatic carbocycles. The summed E-state index contributed by atoms with van der Waals surface area (Å²) in [7, 11) is 0. The van der Waals surface area contributed by atoms with Crippen molar-refractivity contribution in [2.75, 3.05) is 13.1 Å². The van der Waals surface area contributed by atoms with E-state index in [1.54, 1.807) is 0 Å². The van der Waals surface area contributed by atoms with Gasteiger partial charge in [0.15, 0.2) is 5.96 Å². The van der Waals surface area contributed by atoms with Crippen LogP contribution in [0.5, 0.6) is 0 Å². The molecule has 0 aliphatic heterocycles. The van der Waals surface area contributed by atoms with Crippen molar-refractivity contribution in [2.45, 2.75) is 58.5 Å². The van der Waals surface area contributed by atoms with Crippen LogP contribution in [-0.2, 0) is 11.3 Å². The summed E-state index contributed by atoms with van der Waals surface area (Å²) in [6, 6.07) is 10.5. The third kappa shape index (κ3) is 8.87. The van der Waals surface area contributed by atoms with E-state index in [2.05, 4.69) is 34.8 Å². The second-order valence-electron chi connectivity index (χ2n) is 6.87. The van der Waals surface area contributed by atoms with Gasteiger partial charge in [-0.2, -0.15) is 0 Å². The molecule has 6 heteroatoms. The molecular formula is C20H33IN4O. The molecule has 0 aromatic heterocycles. The molecule has 1 aromatic rings. The van der Waals surface area contributed by atoms with Gasteiger partial charge in [0, 0.05) is 25.6 Å². The van der Waals surface area contributed by atoms with Gasteiger partial charge in [-0.3, -0.25) is 9.79 Å². The number of halogens is 1. The van der Waals surface area contributed by atoms with E-state index in [9.17, 15) is 4.79 Å². The minimum absolute atomic E-state index is 0. The number of guanidine groups is 1. The van der Waals surface area contributed by atoms with E-state index in [4.69, 9.17) is 0 Å². The molecule has 0 unspecified atom stereocenters. The SMILES string of the molecule is CCNC(=NCCC(=O)NCc1ccccc1)NC1CCC(C)CC1.I. The van der Waals surface area contributed by atoms with Crippen molar-refractivity contribution < 1.29 is 4.79 Å². The van der Waals surface area contributed by atoms with Crippen molar-refractivity contribution in [3.8, 4) is 0 Å². The van der Waals surface area contributed by atoms with Gasteiger partial charge in [0.25, 0.3) is 0 Å². The molecule has 0 radical (unpaired) electrons. The zero-order valence-electron chi connectivity index (χ0n) is 16.0. The topological polar surface area (TPSA) is 65.5 Å². The quantitative estimate of drug-likeness (QED) is 0.324. The highest BCUT2D eigenvalue weighted by atomic mass is 127. The Morgan fingerprint density at radius 3 is 2.46 bits per heavy atom. The van der Waals surface area contributed by atoms with Crippen molar-refractivity contribution in [2.24, 2.45) is 10.9 Å². The minimum Gasteiger partial charge on any atom is -0.357 e. The molecule has 5 nitrogen and oxygen atoms in total. The molecule has 0 saturated heterocycles. The summed E-state index contributed by atoms with van der Waals surface area (Å²) in [4.78, 5) is 16.5. The number of nitrogens with zero attached hydrogens (tertiary/aromatic N) is 1. The van der Waals surface area contributed by atoms with Crippen molar-refractivity contribution in [3.05, 3.63) is 35.9 Å². The number of carbonyl (C=O) groups is 1. The number of nitrogens with one attached hydrogen (secondary N) is 3. The molecule has 26 heavy (non-hydrogen) atoms. The summed E-state index contributed by atoms with van der Waals surface area (Å²) in [5, 5.41) is 9.74. The summed E-state index contributed by atoms with van der Waals surface area (Å²) >= 11 is 0. The maximum absolute atomic E-state index is 12.0. The summed E-state index contributed by atoms with van der Waals surface area (Å²) in [6.07, 6.45) is 5.36. The van der Waals surface area contributed by atoms with Gasteiger partial charge >= 0.3 is 0 Å². The Labute approximate surface area is 174 Å². The zero-order chi connectivity index (χ0) is 17.9. The van der Waals surface area contributed by atoms with Crippen LogP contribution in [0.4, 0.5) is 0 Å². The molecule has 1 aliphatic rings. The molecule has 0 spiro atoms. The van der Waals surface area contributed by atoms with Gasteiger partial charge in [0.2, 0.25) is 5.91 Å². The predicted molar refractivity (Wildman–Crippen MR) is 119 cm³/mol. The lowest BCUT2D eigenvalue weighted by Gasteiger charge is -2.28. The lowest BCUT2D eigenvalue weighted by Crippen LogP contribution is -2.44. The van der Waals surface area contributed by atoms with Crippen LogP contribution in [0.1, 0.15) is 51.5 Å². The van der Waals surface area contributed by atoms with Crippen molar-refractivity contribution in [1.82, 2.24) is 16.0 Å². The Hall–Kier alpha value is -1.31. The van der Waals surface area contributed by atoms with E-state index in [0.29, 0.717) is 25.6 Å². The van der Waals surface area contributed by atoms with Crippen LogP contribution in [0, 0.1) is 5.92 Å². The zero-order valence-corrected chi connectivity index (χ0v) is 18.3. The van der Waals surface area contributed by atoms with Crippen molar-refractivity contribution >= 4 is 35.8 Å². The monoisotopic (exact) mass is 472 g/mol. The maximum atomic E-state index is 12.0. The first-order valence-corrected chi connectivity index (χ1v) is 9.52. The van der Waals surface area contributed by atoms with E-state index in [1.165, 1.54) is 25.7 Å². The van der Waals surface area contributed by atoms with Gasteiger partial charge < -0.3 is 16.0 Å². The number of amides is 1. The standard InChI is InChI=1S/C20H32N4O.HI/c1-3-21-20(24-18-11-9-16(2)10-12-18)22-14-13-19(25)23-15-17-7-5-4-6-8-17;/h4-8,16,18H,3,9-15H2,1-2H3,(H,23,25)(H2,21,22,24);1H. The molecule has 146 valence electrons. The Kier molecular flexibility index (Phi) is 11.3. The number of aliphatic imine (C=N–C) groups is 1. The Morgan fingerprint density at radius 2 is 1.81 bits per heavy atom. The number of carbonyl (C=O) groups excluding carboxylic acids is 1. The summed E-state index contributed by atoms with van der Waals surface area (Å²) in [5.41, 5.74) is 1.11. The highest BCUT2D eigenvalue weighted by molar-refractivity contribution is 14.0. The Bertz CT molecular complexity index is 542. The van der Waals surface area contributed by atoms with Crippen LogP contribution >= 0.6 is 24.0 Å². The molecule has 2 rings (SSSR count). The number of benzene rings is 1. The predicted octanol–water partition coefficient (Wildman–Crippen LogP) is 3.44. The highest BCUT2D eigenvalue weighted by Crippen LogP contribution is 2.23. The number of hydrogen-bond acceptors (Lipinski definition) is 2. The first kappa shape index (κ1) is 22.7. The average Bonchev–Trinajstić information content (AvgIpc) is 2.63. The van der Waals surface area contributed by atoms with Crippen molar-refractivity contribution in [1.29, 1.82) is 0 Å². The van der Waals surface area contributed by atoms with E-state index in [-0.39, 0.29) is 29.9 Å². The first-order chi connectivity index (χ1) is 12.2. The lowest BCUT2D eigenvalue weighted by molar-refractivity contribution is -0.121. The summed E-state index contributed by atoms with van der Waals surface area (Å²) < 4.78 is 0. The van der Waals surface area contributed by atoms with Gasteiger partial charge in [-0.1, -0.05) is 37.3 Å². The van der Waals surface area contributed by atoms with Gasteiger partial charge in [-0.15, -0.1) is 24.0 Å². The number of rotatable bonds is 7. The van der Waals surface area contributed by atoms with E-state index < -0.39 is 0 Å². The molecule has 0 heterocycles. The van der Waals surface area contributed by atoms with Crippen LogP contribution < -0.4 is 16.0 Å². The summed E-state index contributed by atoms with van der Waals surface area (Å²) in [6.45, 7) is 6.28. The fourth-order valence-corrected chi connectivity index (χ4v) is 3.07. The molecule has 1 aliphatic carbocycles. The molecule has 3 N–H and O–H groups in total. The highest BCUT2D eigenvalue weighted by Gasteiger charge is 2.18. The second kappa shape index (κ2) is 12.9. The van der Waals surface area contributed by atoms with Crippen molar-refractivity contribution in [3.63, 3.8) is 0 Å². The van der Waals surface area contributed by atoms with Crippen LogP contribution in [0.3, 0.4) is 0 Å². The van der Waals surface area contributed by atoms with E-state index in [0.717, 1.165) is 24.0 Å². The maximum Gasteiger partial charge on any atom is 0.222 e. The number of hydrogen-bond donors (Lipinski definition) is 3. The molecule has 0 bridgehead atoms. The molecule has 1 fully saturated rings. The van der Waals surface area contributed by atoms with Gasteiger partial charge in [0.1, 0.15) is 0 Å². The largest absolute Gasteiger partial charge is 0.357 e. The molecule has 1 amide bonds. The van der Waals surface area contributed by atoms with E-state index in [1.807, 2.05) is 30.3 Å². The van der Waals surface area contributed by atoms with E-state index >= 15 is 0 Å². The van der Waals surface area contributed by atoms with Gasteiger partial charge in [0.05, 0.1) is 6.54 Å². The fraction of sp³-hybridized carbons (Fsp3) is 0.600. The molecule has 0 atom stereocenters. The Morgan fingerprint density at radius 1 is 1.12 bits per heavy atom. The third-order valence-electron chi connectivity index (χ3n) is 4.64. The first-order valence-electron chi connectivity index (χ1n) is 9.52. The third-order valence-corrected chi connectivity index (χ3v) is 4.64. The van der Waals surface area contributed by atoms with Crippen LogP contribution in [0.25, 0.3) is 0 Å². The van der Waals surface area contributed by atoms with Gasteiger partial charge in [-0.05, 0) is 44.1 Å². The molecule has 1 saturated carbocycles. The minimum atomic E-state index is 0. The van der Waals surface area contributed by atoms with Crippen LogP contribution in [-0.4, -0.2) is 31.0 Å². The average molecular weight is 472 g/mol. The lowest BCUT2D eigenvalue weighted by atomic mass is 9.87. The Balaban J connectivity index is 0.00000338. The fourth-order valence-electron chi connectivity index (χ4n) is 3.07. The second-order valence-corrected chi connectivity index (χ2v) is 6.87. The molecular weight excluding hydrogens is 439 g/mol. The van der Waals surface area contributed by atoms with Crippen LogP contribution in [0.15, 0.2) is 35.3 Å². The smallest absolute Gasteiger partial charge is 0.222 e. The normalized spacial score (nSPS) is 20.0. The van der Waals surface area contributed by atoms with Gasteiger partial charge in [-0.25, -0.2) is 0 Å². The summed E-state index contributed by atoms with van der Waals surface area (Å²) in [5.74, 6) is 1.71. The van der Waals surface area contributed by atoms with Crippen LogP contribution in [0.2, 0.25) is 0 Å².